The van der Waals surface area contributed by atoms with Gasteiger partial charge in [0, 0.05) is 0 Å². The Morgan fingerprint density at radius 1 is 0.905 bits per heavy atom. The maximum Gasteiger partial charge on any atom is 0.436 e. The Kier molecular flexibility index (Phi) is 4.84. The highest BCUT2D eigenvalue weighted by Gasteiger charge is 2.75. The van der Waals surface area contributed by atoms with Crippen LogP contribution in [0.15, 0.2) is 9.21 Å². The van der Waals surface area contributed by atoms with E-state index in [0.29, 0.717) is 7.11 Å². The zero-order chi connectivity index (χ0) is 16.8. The van der Waals surface area contributed by atoms with Gasteiger partial charge in [-0.25, -0.2) is 13.8 Å². The second-order valence-corrected chi connectivity index (χ2v) is 5.07. The molecule has 0 saturated heterocycles. The van der Waals surface area contributed by atoms with Crippen molar-refractivity contribution in [1.29, 1.82) is 0 Å². The van der Waals surface area contributed by atoms with Gasteiger partial charge in [-0.1, -0.05) is 0 Å². The van der Waals surface area contributed by atoms with Crippen molar-refractivity contribution in [3.8, 4) is 5.75 Å². The fourth-order valence-electron chi connectivity index (χ4n) is 1.43. The van der Waals surface area contributed by atoms with E-state index in [0.717, 1.165) is 0 Å². The van der Waals surface area contributed by atoms with E-state index in [9.17, 15) is 35.1 Å². The van der Waals surface area contributed by atoms with Crippen LogP contribution in [0.25, 0.3) is 0 Å². The Hall–Kier alpha value is -0.650. The van der Waals surface area contributed by atoms with Crippen molar-refractivity contribution in [2.24, 2.45) is 0 Å². The molecule has 0 aliphatic heterocycles. The number of aromatic nitrogens is 1. The zero-order valence-electron chi connectivity index (χ0n) is 9.64. The van der Waals surface area contributed by atoms with Gasteiger partial charge < -0.3 is 4.74 Å². The van der Waals surface area contributed by atoms with E-state index in [1.807, 2.05) is 0 Å². The number of hydrogen-bond acceptors (Lipinski definition) is 2. The lowest BCUT2D eigenvalue weighted by Gasteiger charge is -2.31. The summed E-state index contributed by atoms with van der Waals surface area (Å²) in [4.78, 5) is 3.21. The summed E-state index contributed by atoms with van der Waals surface area (Å²) >= 11 is 4.80. The summed E-state index contributed by atoms with van der Waals surface area (Å²) in [6.07, 6.45) is -12.9. The SMILES string of the molecule is COc1c(Br)nc(Br)c(F)c1C(F)(C(F)(F)F)C(F)(F)F. The predicted octanol–water partition coefficient (Wildman–Crippen LogP) is 5.04. The Morgan fingerprint density at radius 2 is 1.33 bits per heavy atom. The molecular formula is C9H3Br2F8NO. The number of rotatable bonds is 2. The molecule has 0 aliphatic rings. The third-order valence-corrected chi connectivity index (χ3v) is 3.40. The third kappa shape index (κ3) is 2.83. The number of alkyl halides is 7. The summed E-state index contributed by atoms with van der Waals surface area (Å²) in [5, 5.41) is 0. The number of halogens is 10. The molecule has 120 valence electrons. The number of methoxy groups -OCH3 is 1. The lowest BCUT2D eigenvalue weighted by Crippen LogP contribution is -2.51. The molecular weight excluding hydrogens is 450 g/mol. The Balaban J connectivity index is 3.93. The van der Waals surface area contributed by atoms with Crippen LogP contribution in [-0.4, -0.2) is 24.4 Å². The second-order valence-electron chi connectivity index (χ2n) is 3.57. The fourth-order valence-corrected chi connectivity index (χ4v) is 2.58. The normalized spacial score (nSPS) is 13.5. The van der Waals surface area contributed by atoms with Crippen LogP contribution >= 0.6 is 31.9 Å². The second kappa shape index (κ2) is 5.52. The predicted molar refractivity (Wildman–Crippen MR) is 61.0 cm³/mol. The van der Waals surface area contributed by atoms with E-state index in [2.05, 4.69) is 41.6 Å². The average Bonchev–Trinajstić information content (AvgIpc) is 2.29. The van der Waals surface area contributed by atoms with Crippen molar-refractivity contribution in [3.05, 3.63) is 20.6 Å². The fraction of sp³-hybridized carbons (Fsp3) is 0.444. The van der Waals surface area contributed by atoms with Crippen molar-refractivity contribution in [2.45, 2.75) is 18.0 Å². The van der Waals surface area contributed by atoms with Gasteiger partial charge in [-0.2, -0.15) is 26.3 Å². The maximum atomic E-state index is 14.0. The molecule has 21 heavy (non-hydrogen) atoms. The summed E-state index contributed by atoms with van der Waals surface area (Å²) in [5.41, 5.74) is -8.33. The highest BCUT2D eigenvalue weighted by atomic mass is 79.9. The van der Waals surface area contributed by atoms with Gasteiger partial charge in [0.2, 0.25) is 0 Å². The first-order valence-corrected chi connectivity index (χ1v) is 6.29. The molecule has 1 heterocycles. The molecule has 12 heteroatoms. The number of nitrogens with zero attached hydrogens (tertiary/aromatic N) is 1. The van der Waals surface area contributed by atoms with Crippen LogP contribution in [0.3, 0.4) is 0 Å². The number of hydrogen-bond donors (Lipinski definition) is 0. The topological polar surface area (TPSA) is 22.1 Å². The molecule has 2 nitrogen and oxygen atoms in total. The highest BCUT2D eigenvalue weighted by molar-refractivity contribution is 9.11. The first-order valence-electron chi connectivity index (χ1n) is 4.70. The van der Waals surface area contributed by atoms with E-state index in [1.165, 1.54) is 0 Å². The van der Waals surface area contributed by atoms with Crippen LogP contribution in [0.4, 0.5) is 35.1 Å². The summed E-state index contributed by atoms with van der Waals surface area (Å²) in [6, 6.07) is 0. The molecule has 0 atom stereocenters. The average molecular weight is 453 g/mol. The van der Waals surface area contributed by atoms with Crippen LogP contribution < -0.4 is 4.74 Å². The van der Waals surface area contributed by atoms with Crippen LogP contribution in [0.5, 0.6) is 5.75 Å². The van der Waals surface area contributed by atoms with E-state index in [1.54, 1.807) is 0 Å². The molecule has 0 amide bonds. The van der Waals surface area contributed by atoms with E-state index >= 15 is 0 Å². The Morgan fingerprint density at radius 3 is 1.67 bits per heavy atom. The first kappa shape index (κ1) is 18.4. The highest BCUT2D eigenvalue weighted by Crippen LogP contribution is 2.57. The Bertz CT molecular complexity index is 542. The number of pyridine rings is 1. The standard InChI is InChI=1S/C9H3Br2F8NO/c1-21-4-2(3(12)5(10)20-6(4)11)7(13,8(14,15)16)9(17,18)19/h1H3. The molecule has 0 unspecified atom stereocenters. The van der Waals surface area contributed by atoms with Crippen molar-refractivity contribution in [2.75, 3.05) is 7.11 Å². The van der Waals surface area contributed by atoms with Gasteiger partial charge in [-0.05, 0) is 31.9 Å². The molecule has 0 aliphatic carbocycles. The Labute approximate surface area is 128 Å². The third-order valence-electron chi connectivity index (χ3n) is 2.34. The van der Waals surface area contributed by atoms with Crippen molar-refractivity contribution in [3.63, 3.8) is 0 Å². The minimum Gasteiger partial charge on any atom is -0.493 e. The van der Waals surface area contributed by atoms with Crippen molar-refractivity contribution < 1.29 is 39.9 Å². The van der Waals surface area contributed by atoms with Gasteiger partial charge in [-0.15, -0.1) is 0 Å². The monoisotopic (exact) mass is 451 g/mol. The quantitative estimate of drug-likeness (QED) is 0.463. The summed E-state index contributed by atoms with van der Waals surface area (Å²) in [5.74, 6) is -3.53. The van der Waals surface area contributed by atoms with Gasteiger partial charge >= 0.3 is 18.0 Å². The maximum absolute atomic E-state index is 14.0. The summed E-state index contributed by atoms with van der Waals surface area (Å²) in [7, 11) is 0.645. The van der Waals surface area contributed by atoms with Crippen LogP contribution in [0.2, 0.25) is 0 Å². The van der Waals surface area contributed by atoms with E-state index in [4.69, 9.17) is 0 Å². The van der Waals surface area contributed by atoms with Crippen LogP contribution in [0, 0.1) is 5.82 Å². The molecule has 0 bridgehead atoms. The molecule has 0 aromatic carbocycles. The van der Waals surface area contributed by atoms with E-state index < -0.39 is 44.4 Å². The summed E-state index contributed by atoms with van der Waals surface area (Å²) in [6.45, 7) is 0. The van der Waals surface area contributed by atoms with Crippen LogP contribution in [-0.2, 0) is 5.67 Å². The summed E-state index contributed by atoms with van der Waals surface area (Å²) < 4.78 is 106. The van der Waals surface area contributed by atoms with Crippen molar-refractivity contribution >= 4 is 31.9 Å². The molecule has 0 fully saturated rings. The minimum atomic E-state index is -6.47. The smallest absolute Gasteiger partial charge is 0.436 e. The van der Waals surface area contributed by atoms with Gasteiger partial charge in [0.05, 0.1) is 12.7 Å². The molecule has 0 saturated carbocycles. The van der Waals surface area contributed by atoms with Crippen molar-refractivity contribution in [1.82, 2.24) is 4.98 Å². The minimum absolute atomic E-state index is 0.645. The molecule has 1 aromatic heterocycles. The van der Waals surface area contributed by atoms with Gasteiger partial charge in [0.15, 0.2) is 11.6 Å². The zero-order valence-corrected chi connectivity index (χ0v) is 12.8. The van der Waals surface area contributed by atoms with Crippen LogP contribution in [0.1, 0.15) is 5.56 Å². The lowest BCUT2D eigenvalue weighted by molar-refractivity contribution is -0.349. The molecule has 0 spiro atoms. The van der Waals surface area contributed by atoms with Gasteiger partial charge in [0.1, 0.15) is 9.21 Å². The first-order chi connectivity index (χ1) is 9.29. The molecule has 1 rings (SSSR count). The number of ether oxygens (including phenoxy) is 1. The largest absolute Gasteiger partial charge is 0.493 e. The lowest BCUT2D eigenvalue weighted by atomic mass is 9.93. The van der Waals surface area contributed by atoms with Gasteiger partial charge in [-0.3, -0.25) is 0 Å². The molecule has 1 aromatic rings. The van der Waals surface area contributed by atoms with Gasteiger partial charge in [0.25, 0.3) is 0 Å². The molecule has 0 N–H and O–H groups in total. The van der Waals surface area contributed by atoms with E-state index in [-0.39, 0.29) is 0 Å². The molecule has 0 radical (unpaired) electrons.